The zero-order valence-electron chi connectivity index (χ0n) is 12.7. The Hall–Kier alpha value is 1.06. The van der Waals surface area contributed by atoms with Crippen molar-refractivity contribution >= 4 is 41.0 Å². The Balaban J connectivity index is 0.00000400. The van der Waals surface area contributed by atoms with Crippen LogP contribution in [0.15, 0.2) is 0 Å². The van der Waals surface area contributed by atoms with Crippen molar-refractivity contribution in [3.05, 3.63) is 0 Å². The molecule has 9 heteroatoms. The van der Waals surface area contributed by atoms with Gasteiger partial charge in [0, 0.05) is 20.6 Å². The molecule has 0 radical (unpaired) electrons. The summed E-state index contributed by atoms with van der Waals surface area (Å²) in [6, 6.07) is 0. The molecule has 118 valence electrons. The third-order valence-corrected chi connectivity index (χ3v) is 4.63. The normalized spacial score (nSPS) is 25.1. The van der Waals surface area contributed by atoms with E-state index < -0.39 is 22.3 Å². The summed E-state index contributed by atoms with van der Waals surface area (Å²) in [4.78, 5) is 10.7. The summed E-state index contributed by atoms with van der Waals surface area (Å²) in [7, 11) is 3.06. The van der Waals surface area contributed by atoms with Gasteiger partial charge in [-0.2, -0.15) is 0 Å². The Morgan fingerprint density at radius 3 is 2.10 bits per heavy atom. The molecule has 5 nitrogen and oxygen atoms in total. The van der Waals surface area contributed by atoms with E-state index >= 15 is 0 Å². The van der Waals surface area contributed by atoms with Crippen LogP contribution in [0.3, 0.4) is 0 Å². The van der Waals surface area contributed by atoms with Crippen LogP contribution in [0.4, 0.5) is 4.79 Å². The van der Waals surface area contributed by atoms with Crippen LogP contribution in [-0.2, 0) is 14.2 Å². The molecule has 0 amide bonds. The van der Waals surface area contributed by atoms with E-state index in [9.17, 15) is 9.90 Å². The first-order valence-corrected chi connectivity index (χ1v) is 7.19. The molecular weight excluding hydrogens is 353 g/mol. The van der Waals surface area contributed by atoms with Gasteiger partial charge in [0.1, 0.15) is 0 Å². The maximum absolute atomic E-state index is 10.7. The summed E-state index contributed by atoms with van der Waals surface area (Å²) in [6.45, 7) is 3.90. The number of halogens is 3. The average Bonchev–Trinajstić information content (AvgIpc) is 2.82. The molecule has 0 bridgehead atoms. The third-order valence-electron chi connectivity index (χ3n) is 3.98. The minimum Gasteiger partial charge on any atom is -0.542 e. The zero-order chi connectivity index (χ0) is 15.7. The van der Waals surface area contributed by atoms with Crippen molar-refractivity contribution in [2.45, 2.75) is 36.5 Å². The molecule has 3 unspecified atom stereocenters. The fourth-order valence-corrected chi connectivity index (χ4v) is 3.32. The minimum absolute atomic E-state index is 0. The van der Waals surface area contributed by atoms with E-state index in [0.717, 1.165) is 0 Å². The van der Waals surface area contributed by atoms with Gasteiger partial charge in [-0.15, -0.1) is 0 Å². The Kier molecular flexibility index (Phi) is 8.66. The van der Waals surface area contributed by atoms with Gasteiger partial charge in [0.2, 0.25) is 3.79 Å². The van der Waals surface area contributed by atoms with E-state index in [1.807, 2.05) is 13.8 Å². The molecule has 0 aromatic heterocycles. The third kappa shape index (κ3) is 5.57. The number of ether oxygens (including phenoxy) is 3. The molecule has 0 heterocycles. The summed E-state index contributed by atoms with van der Waals surface area (Å²) in [5, 5.41) is 10.7. The van der Waals surface area contributed by atoms with Crippen molar-refractivity contribution in [2.75, 3.05) is 14.2 Å². The van der Waals surface area contributed by atoms with Gasteiger partial charge in [-0.25, -0.2) is 0 Å². The van der Waals surface area contributed by atoms with E-state index in [2.05, 4.69) is 4.74 Å². The predicted molar refractivity (Wildman–Crippen MR) is 73.7 cm³/mol. The molecule has 3 atom stereocenters. The number of rotatable bonds is 6. The maximum Gasteiger partial charge on any atom is 1.00 e. The monoisotopic (exact) mass is 370 g/mol. The van der Waals surface area contributed by atoms with Gasteiger partial charge >= 0.3 is 29.6 Å². The van der Waals surface area contributed by atoms with E-state index in [4.69, 9.17) is 44.3 Å². The van der Waals surface area contributed by atoms with Crippen molar-refractivity contribution in [1.82, 2.24) is 0 Å². The standard InChI is InChI=1S/C12H19Cl3O5.Na/c1-11(2)6(5-7(18-3)19-4)8(11)9(12(13,14)15)20-10(16)17;/h6-9H,5H2,1-4H3,(H,16,17);/q;+1/p-1. The van der Waals surface area contributed by atoms with Crippen LogP contribution in [0, 0.1) is 17.3 Å². The van der Waals surface area contributed by atoms with Crippen LogP contribution in [0.1, 0.15) is 20.3 Å². The first-order valence-electron chi connectivity index (χ1n) is 6.05. The summed E-state index contributed by atoms with van der Waals surface area (Å²) in [5.41, 5.74) is -0.251. The molecule has 1 fully saturated rings. The molecule has 1 aliphatic carbocycles. The smallest absolute Gasteiger partial charge is 0.542 e. The minimum atomic E-state index is -1.85. The largest absolute Gasteiger partial charge is 1.00 e. The quantitative estimate of drug-likeness (QED) is 0.269. The Bertz CT molecular complexity index is 357. The number of carboxylic acid groups (broad SMARTS) is 1. The van der Waals surface area contributed by atoms with Crippen LogP contribution in [0.25, 0.3) is 0 Å². The molecule has 0 aromatic carbocycles. The Labute approximate surface area is 161 Å². The van der Waals surface area contributed by atoms with Gasteiger partial charge in [-0.3, -0.25) is 0 Å². The van der Waals surface area contributed by atoms with E-state index in [1.165, 1.54) is 14.2 Å². The Morgan fingerprint density at radius 2 is 1.76 bits per heavy atom. The Morgan fingerprint density at radius 1 is 1.29 bits per heavy atom. The van der Waals surface area contributed by atoms with E-state index in [1.54, 1.807) is 0 Å². The molecule has 0 aromatic rings. The number of alkyl halides is 3. The number of hydrogen-bond acceptors (Lipinski definition) is 5. The van der Waals surface area contributed by atoms with Crippen molar-refractivity contribution in [2.24, 2.45) is 17.3 Å². The summed E-state index contributed by atoms with van der Waals surface area (Å²) in [6.07, 6.45) is -2.65. The van der Waals surface area contributed by atoms with Crippen LogP contribution in [0.5, 0.6) is 0 Å². The number of hydrogen-bond donors (Lipinski definition) is 0. The van der Waals surface area contributed by atoms with Crippen molar-refractivity contribution in [3.63, 3.8) is 0 Å². The van der Waals surface area contributed by atoms with E-state index in [0.29, 0.717) is 6.42 Å². The van der Waals surface area contributed by atoms with Gasteiger partial charge < -0.3 is 24.1 Å². The predicted octanol–water partition coefficient (Wildman–Crippen LogP) is -0.630. The van der Waals surface area contributed by atoms with Gasteiger partial charge in [-0.1, -0.05) is 48.7 Å². The molecular formula is C12H18Cl3NaO5. The van der Waals surface area contributed by atoms with Crippen molar-refractivity contribution < 1.29 is 53.7 Å². The van der Waals surface area contributed by atoms with E-state index in [-0.39, 0.29) is 46.8 Å². The summed E-state index contributed by atoms with van der Waals surface area (Å²) < 4.78 is 13.1. The van der Waals surface area contributed by atoms with Gasteiger partial charge in [0.05, 0.1) is 6.10 Å². The van der Waals surface area contributed by atoms with Gasteiger partial charge in [-0.05, 0) is 17.3 Å². The molecule has 21 heavy (non-hydrogen) atoms. The second-order valence-corrected chi connectivity index (χ2v) is 7.79. The maximum atomic E-state index is 10.7. The summed E-state index contributed by atoms with van der Waals surface area (Å²) >= 11 is 17.5. The topological polar surface area (TPSA) is 67.8 Å². The second kappa shape index (κ2) is 8.25. The zero-order valence-corrected chi connectivity index (χ0v) is 17.0. The van der Waals surface area contributed by atoms with Gasteiger partial charge in [0.15, 0.2) is 6.29 Å². The van der Waals surface area contributed by atoms with Crippen molar-refractivity contribution in [3.8, 4) is 0 Å². The number of carbonyl (C=O) groups is 1. The fraction of sp³-hybridized carbons (Fsp3) is 0.917. The van der Waals surface area contributed by atoms with Crippen LogP contribution in [-0.4, -0.2) is 36.6 Å². The van der Waals surface area contributed by atoms with Crippen LogP contribution in [0.2, 0.25) is 0 Å². The summed E-state index contributed by atoms with van der Waals surface area (Å²) in [5.74, 6) is -0.201. The molecule has 1 saturated carbocycles. The second-order valence-electron chi connectivity index (χ2n) is 5.42. The first kappa shape index (κ1) is 22.1. The fourth-order valence-electron chi connectivity index (χ4n) is 2.78. The molecule has 0 spiro atoms. The molecule has 0 saturated heterocycles. The number of carbonyl (C=O) groups excluding carboxylic acids is 1. The first-order chi connectivity index (χ1) is 9.05. The van der Waals surface area contributed by atoms with Gasteiger partial charge in [0.25, 0.3) is 6.16 Å². The molecule has 0 aliphatic heterocycles. The molecule has 0 N–H and O–H groups in total. The van der Waals surface area contributed by atoms with Crippen LogP contribution < -0.4 is 34.7 Å². The van der Waals surface area contributed by atoms with Crippen LogP contribution >= 0.6 is 34.8 Å². The molecule has 1 rings (SSSR count). The molecule has 1 aliphatic rings. The SMILES string of the molecule is COC(CC1C(C(OC(=O)[O-])C(Cl)(Cl)Cl)C1(C)C)OC.[Na+]. The number of methoxy groups -OCH3 is 2. The van der Waals surface area contributed by atoms with Crippen molar-refractivity contribution in [1.29, 1.82) is 0 Å². The average molecular weight is 372 g/mol.